The molecule has 0 amide bonds. The molecule has 2 bridgehead atoms. The van der Waals surface area contributed by atoms with Gasteiger partial charge in [-0.25, -0.2) is 17.9 Å². The molecular weight excluding hydrogens is 274 g/mol. The number of fused-ring (bicyclic) bond motifs is 3. The number of allylic oxidation sites excluding steroid dienone is 1. The van der Waals surface area contributed by atoms with Crippen molar-refractivity contribution in [3.8, 4) is 0 Å². The number of hydrogen-bond acceptors (Lipinski definition) is 4. The van der Waals surface area contributed by atoms with Crippen LogP contribution in [0.4, 0.5) is 0 Å². The highest BCUT2D eigenvalue weighted by Crippen LogP contribution is 2.39. The van der Waals surface area contributed by atoms with Crippen LogP contribution in [0.1, 0.15) is 31.2 Å². The molecule has 1 saturated heterocycles. The molecule has 4 rings (SSSR count). The van der Waals surface area contributed by atoms with Gasteiger partial charge in [-0.15, -0.1) is 0 Å². The van der Waals surface area contributed by atoms with Gasteiger partial charge in [0.2, 0.25) is 0 Å². The minimum atomic E-state index is -2.97. The first kappa shape index (κ1) is 12.1. The first-order chi connectivity index (χ1) is 9.66. The molecule has 2 aliphatic heterocycles. The molecule has 0 saturated carbocycles. The largest absolute Gasteiger partial charge is 0.236 e. The van der Waals surface area contributed by atoms with Crippen LogP contribution in [-0.4, -0.2) is 33.5 Å². The molecule has 0 aliphatic carbocycles. The van der Waals surface area contributed by atoms with Crippen molar-refractivity contribution in [3.05, 3.63) is 36.3 Å². The maximum absolute atomic E-state index is 12.3. The second-order valence-corrected chi connectivity index (χ2v) is 7.97. The highest BCUT2D eigenvalue weighted by atomic mass is 32.2. The first-order valence-electron chi connectivity index (χ1n) is 6.88. The summed E-state index contributed by atoms with van der Waals surface area (Å²) in [6.07, 6.45) is 10.4. The Balaban J connectivity index is 1.86. The summed E-state index contributed by atoms with van der Waals surface area (Å²) in [6.45, 7) is 0. The monoisotopic (exact) mass is 289 g/mol. The third-order valence-corrected chi connectivity index (χ3v) is 6.91. The number of hydrogen-bond donors (Lipinski definition) is 0. The maximum Gasteiger partial charge on any atom is 0.162 e. The molecule has 0 radical (unpaired) electrons. The van der Waals surface area contributed by atoms with E-state index < -0.39 is 9.84 Å². The average Bonchev–Trinajstić information content (AvgIpc) is 2.81. The maximum atomic E-state index is 12.3. The van der Waals surface area contributed by atoms with Gasteiger partial charge in [0.05, 0.1) is 16.7 Å². The lowest BCUT2D eigenvalue weighted by atomic mass is 9.94. The van der Waals surface area contributed by atoms with Crippen LogP contribution in [0, 0.1) is 0 Å². The topological polar surface area (TPSA) is 64.3 Å². The normalized spacial score (nSPS) is 28.3. The Bertz CT molecular complexity index is 807. The van der Waals surface area contributed by atoms with Crippen LogP contribution < -0.4 is 0 Å². The number of aromatic nitrogens is 3. The van der Waals surface area contributed by atoms with E-state index >= 15 is 0 Å². The molecule has 0 aromatic carbocycles. The standard InChI is InChI=1S/C14H15N3O2S/c18-20(19)11-3-1-4-12(20)8-10(7-11)13-9-16-17-6-2-5-15-14(13)17/h2,5-7,9,11-12H,1,3-4,8H2. The molecule has 2 aromatic rings. The first-order valence-corrected chi connectivity index (χ1v) is 8.49. The van der Waals surface area contributed by atoms with Crippen LogP contribution in [0.5, 0.6) is 0 Å². The number of nitrogens with zero attached hydrogens (tertiary/aromatic N) is 3. The summed E-state index contributed by atoms with van der Waals surface area (Å²) >= 11 is 0. The Hall–Kier alpha value is -1.69. The smallest absolute Gasteiger partial charge is 0.162 e. The molecule has 2 aromatic heterocycles. The quantitative estimate of drug-likeness (QED) is 0.803. The van der Waals surface area contributed by atoms with Crippen molar-refractivity contribution >= 4 is 21.1 Å². The molecule has 5 nitrogen and oxygen atoms in total. The summed E-state index contributed by atoms with van der Waals surface area (Å²) in [6, 6.07) is 1.83. The van der Waals surface area contributed by atoms with Crippen LogP contribution in [0.2, 0.25) is 0 Å². The molecule has 4 heterocycles. The zero-order valence-electron chi connectivity index (χ0n) is 10.9. The second-order valence-electron chi connectivity index (χ2n) is 5.52. The molecule has 2 aliphatic rings. The zero-order chi connectivity index (χ0) is 13.7. The van der Waals surface area contributed by atoms with E-state index in [2.05, 4.69) is 10.1 Å². The van der Waals surface area contributed by atoms with Gasteiger partial charge in [-0.1, -0.05) is 12.5 Å². The van der Waals surface area contributed by atoms with Crippen molar-refractivity contribution < 1.29 is 8.42 Å². The lowest BCUT2D eigenvalue weighted by Gasteiger charge is -2.33. The average molecular weight is 289 g/mol. The zero-order valence-corrected chi connectivity index (χ0v) is 11.8. The third-order valence-electron chi connectivity index (χ3n) is 4.36. The van der Waals surface area contributed by atoms with Crippen molar-refractivity contribution in [1.82, 2.24) is 14.6 Å². The summed E-state index contributed by atoms with van der Waals surface area (Å²) in [5.74, 6) is 0. The Labute approximate surface area is 117 Å². The van der Waals surface area contributed by atoms with E-state index in [-0.39, 0.29) is 10.5 Å². The van der Waals surface area contributed by atoms with Crippen LogP contribution in [-0.2, 0) is 9.84 Å². The minimum absolute atomic E-state index is 0.222. The van der Waals surface area contributed by atoms with Gasteiger partial charge in [0, 0.05) is 18.0 Å². The fourth-order valence-corrected chi connectivity index (χ4v) is 5.56. The summed E-state index contributed by atoms with van der Waals surface area (Å²) in [4.78, 5) is 4.36. The molecule has 104 valence electrons. The van der Waals surface area contributed by atoms with E-state index in [0.29, 0.717) is 6.42 Å². The number of sulfone groups is 1. The summed E-state index contributed by atoms with van der Waals surface area (Å²) in [7, 11) is -2.97. The molecule has 1 fully saturated rings. The van der Waals surface area contributed by atoms with Gasteiger partial charge in [0.15, 0.2) is 15.5 Å². The van der Waals surface area contributed by atoms with Crippen LogP contribution >= 0.6 is 0 Å². The van der Waals surface area contributed by atoms with Gasteiger partial charge in [-0.05, 0) is 30.9 Å². The number of rotatable bonds is 1. The minimum Gasteiger partial charge on any atom is -0.236 e. The Morgan fingerprint density at radius 1 is 1.30 bits per heavy atom. The highest BCUT2D eigenvalue weighted by Gasteiger charge is 2.40. The molecule has 0 N–H and O–H groups in total. The lowest BCUT2D eigenvalue weighted by molar-refractivity contribution is 0.518. The van der Waals surface area contributed by atoms with Crippen molar-refractivity contribution in [1.29, 1.82) is 0 Å². The Morgan fingerprint density at radius 3 is 3.05 bits per heavy atom. The summed E-state index contributed by atoms with van der Waals surface area (Å²) in [5, 5.41) is 3.75. The van der Waals surface area contributed by atoms with E-state index in [9.17, 15) is 8.42 Å². The predicted molar refractivity (Wildman–Crippen MR) is 75.9 cm³/mol. The van der Waals surface area contributed by atoms with Crippen molar-refractivity contribution in [2.24, 2.45) is 0 Å². The van der Waals surface area contributed by atoms with Gasteiger partial charge in [-0.2, -0.15) is 5.10 Å². The van der Waals surface area contributed by atoms with Crippen LogP contribution in [0.25, 0.3) is 11.2 Å². The molecule has 2 atom stereocenters. The van der Waals surface area contributed by atoms with E-state index in [4.69, 9.17) is 0 Å². The third kappa shape index (κ3) is 1.64. The Kier molecular flexibility index (Phi) is 2.51. The van der Waals surface area contributed by atoms with Crippen molar-refractivity contribution in [2.75, 3.05) is 0 Å². The lowest BCUT2D eigenvalue weighted by Crippen LogP contribution is -2.38. The van der Waals surface area contributed by atoms with Crippen molar-refractivity contribution in [3.63, 3.8) is 0 Å². The van der Waals surface area contributed by atoms with E-state index in [0.717, 1.165) is 36.0 Å². The molecule has 0 spiro atoms. The highest BCUT2D eigenvalue weighted by molar-refractivity contribution is 7.93. The SMILES string of the molecule is O=S1(=O)C2C=C(c3cnn4cccnc34)CC1CCC2. The van der Waals surface area contributed by atoms with E-state index in [1.54, 1.807) is 16.9 Å². The van der Waals surface area contributed by atoms with Gasteiger partial charge in [0.1, 0.15) is 0 Å². The summed E-state index contributed by atoms with van der Waals surface area (Å²) in [5.41, 5.74) is 2.86. The molecule has 6 heteroatoms. The van der Waals surface area contributed by atoms with Crippen LogP contribution in [0.3, 0.4) is 0 Å². The predicted octanol–water partition coefficient (Wildman–Crippen LogP) is 1.85. The van der Waals surface area contributed by atoms with E-state index in [1.807, 2.05) is 18.3 Å². The molecule has 2 unspecified atom stereocenters. The van der Waals surface area contributed by atoms with Crippen molar-refractivity contribution in [2.45, 2.75) is 36.2 Å². The molecular formula is C14H15N3O2S. The van der Waals surface area contributed by atoms with Gasteiger partial charge in [-0.3, -0.25) is 0 Å². The van der Waals surface area contributed by atoms with Gasteiger partial charge >= 0.3 is 0 Å². The van der Waals surface area contributed by atoms with Crippen LogP contribution in [0.15, 0.2) is 30.7 Å². The van der Waals surface area contributed by atoms with E-state index in [1.165, 1.54) is 0 Å². The Morgan fingerprint density at radius 2 is 2.20 bits per heavy atom. The second kappa shape index (κ2) is 4.15. The fourth-order valence-electron chi connectivity index (χ4n) is 3.31. The molecule has 20 heavy (non-hydrogen) atoms. The van der Waals surface area contributed by atoms with Gasteiger partial charge in [0.25, 0.3) is 0 Å². The summed E-state index contributed by atoms with van der Waals surface area (Å²) < 4.78 is 26.3. The fraction of sp³-hybridized carbons (Fsp3) is 0.429. The van der Waals surface area contributed by atoms with Gasteiger partial charge < -0.3 is 0 Å².